The van der Waals surface area contributed by atoms with Crippen LogP contribution >= 0.6 is 0 Å². The van der Waals surface area contributed by atoms with Crippen molar-refractivity contribution in [2.24, 2.45) is 11.8 Å². The minimum Gasteiger partial charge on any atom is -0.481 e. The van der Waals surface area contributed by atoms with Gasteiger partial charge in [0, 0.05) is 25.4 Å². The zero-order chi connectivity index (χ0) is 19.4. The number of fused-ring (bicyclic) bond motifs is 1. The molecule has 0 saturated heterocycles. The fourth-order valence-corrected chi connectivity index (χ4v) is 3.99. The molecule has 0 radical (unpaired) electrons. The second-order valence-corrected chi connectivity index (χ2v) is 7.21. The normalized spacial score (nSPS) is 21.9. The zero-order valence-electron chi connectivity index (χ0n) is 15.1. The SMILES string of the molecule is O=C(O)CCCNC(=O)C1CCCCC1CN1C(=O)c2ccccc2C1=O. The molecule has 0 spiro atoms. The van der Waals surface area contributed by atoms with E-state index in [0.717, 1.165) is 25.7 Å². The summed E-state index contributed by atoms with van der Waals surface area (Å²) in [6.07, 6.45) is 3.82. The van der Waals surface area contributed by atoms with Crippen LogP contribution in [0.25, 0.3) is 0 Å². The lowest BCUT2D eigenvalue weighted by atomic mass is 9.78. The van der Waals surface area contributed by atoms with Gasteiger partial charge in [0.2, 0.25) is 5.91 Å². The maximum Gasteiger partial charge on any atom is 0.303 e. The second kappa shape index (κ2) is 8.33. The summed E-state index contributed by atoms with van der Waals surface area (Å²) in [6.45, 7) is 0.570. The number of nitrogens with zero attached hydrogens (tertiary/aromatic N) is 1. The number of amides is 3. The minimum absolute atomic E-state index is 0.0173. The molecule has 2 N–H and O–H groups in total. The highest BCUT2D eigenvalue weighted by atomic mass is 16.4. The Morgan fingerprint density at radius 1 is 1.07 bits per heavy atom. The van der Waals surface area contributed by atoms with Gasteiger partial charge in [0.1, 0.15) is 0 Å². The molecule has 1 aliphatic carbocycles. The van der Waals surface area contributed by atoms with Gasteiger partial charge in [-0.3, -0.25) is 24.1 Å². The maximum absolute atomic E-state index is 12.6. The number of carbonyl (C=O) groups excluding carboxylic acids is 3. The molecule has 7 nitrogen and oxygen atoms in total. The molecular weight excluding hydrogens is 348 g/mol. The van der Waals surface area contributed by atoms with E-state index in [2.05, 4.69) is 5.32 Å². The highest BCUT2D eigenvalue weighted by molar-refractivity contribution is 6.21. The maximum atomic E-state index is 12.6. The van der Waals surface area contributed by atoms with Crippen molar-refractivity contribution in [2.45, 2.75) is 38.5 Å². The summed E-state index contributed by atoms with van der Waals surface area (Å²) in [5.74, 6) is -1.90. The topological polar surface area (TPSA) is 104 Å². The third kappa shape index (κ3) is 4.18. The minimum atomic E-state index is -0.884. The van der Waals surface area contributed by atoms with Crippen molar-refractivity contribution in [3.8, 4) is 0 Å². The van der Waals surface area contributed by atoms with Crippen molar-refractivity contribution < 1.29 is 24.3 Å². The molecule has 1 aliphatic heterocycles. The van der Waals surface area contributed by atoms with E-state index < -0.39 is 5.97 Å². The number of hydrogen-bond acceptors (Lipinski definition) is 4. The average Bonchev–Trinajstić information content (AvgIpc) is 2.90. The summed E-state index contributed by atoms with van der Waals surface area (Å²) >= 11 is 0. The summed E-state index contributed by atoms with van der Waals surface area (Å²) in [5, 5.41) is 11.5. The summed E-state index contributed by atoms with van der Waals surface area (Å²) in [6, 6.07) is 6.79. The van der Waals surface area contributed by atoms with Gasteiger partial charge in [-0.25, -0.2) is 0 Å². The van der Waals surface area contributed by atoms with Crippen molar-refractivity contribution in [1.82, 2.24) is 10.2 Å². The highest BCUT2D eigenvalue weighted by Crippen LogP contribution is 2.33. The van der Waals surface area contributed by atoms with Crippen LogP contribution in [-0.4, -0.2) is 46.8 Å². The molecule has 27 heavy (non-hydrogen) atoms. The highest BCUT2D eigenvalue weighted by Gasteiger charge is 2.39. The van der Waals surface area contributed by atoms with Crippen LogP contribution in [0.5, 0.6) is 0 Å². The summed E-state index contributed by atoms with van der Waals surface area (Å²) in [7, 11) is 0. The molecule has 7 heteroatoms. The van der Waals surface area contributed by atoms with Gasteiger partial charge in [0.05, 0.1) is 11.1 Å². The summed E-state index contributed by atoms with van der Waals surface area (Å²) < 4.78 is 0. The number of carboxylic acid groups (broad SMARTS) is 1. The predicted octanol–water partition coefficient (Wildman–Crippen LogP) is 2.07. The fraction of sp³-hybridized carbons (Fsp3) is 0.500. The first-order valence-electron chi connectivity index (χ1n) is 9.43. The van der Waals surface area contributed by atoms with Gasteiger partial charge in [0.15, 0.2) is 0 Å². The van der Waals surface area contributed by atoms with Crippen molar-refractivity contribution in [1.29, 1.82) is 0 Å². The number of imide groups is 1. The number of nitrogens with one attached hydrogen (secondary N) is 1. The van der Waals surface area contributed by atoms with Crippen molar-refractivity contribution in [2.75, 3.05) is 13.1 Å². The molecule has 1 fully saturated rings. The van der Waals surface area contributed by atoms with E-state index in [9.17, 15) is 19.2 Å². The lowest BCUT2D eigenvalue weighted by Crippen LogP contribution is -2.43. The molecule has 1 aromatic rings. The second-order valence-electron chi connectivity index (χ2n) is 7.21. The van der Waals surface area contributed by atoms with Gasteiger partial charge >= 0.3 is 5.97 Å². The molecule has 0 bridgehead atoms. The number of aliphatic carboxylic acids is 1. The third-order valence-electron chi connectivity index (χ3n) is 5.41. The van der Waals surface area contributed by atoms with E-state index in [1.807, 2.05) is 0 Å². The first-order valence-corrected chi connectivity index (χ1v) is 9.43. The van der Waals surface area contributed by atoms with Gasteiger partial charge in [-0.15, -0.1) is 0 Å². The van der Waals surface area contributed by atoms with Gasteiger partial charge in [0.25, 0.3) is 11.8 Å². The molecule has 2 atom stereocenters. The van der Waals surface area contributed by atoms with Crippen LogP contribution < -0.4 is 5.32 Å². The van der Waals surface area contributed by atoms with Gasteiger partial charge in [-0.2, -0.15) is 0 Å². The quantitative estimate of drug-likeness (QED) is 0.563. The molecule has 1 saturated carbocycles. The number of rotatable bonds is 7. The smallest absolute Gasteiger partial charge is 0.303 e. The standard InChI is InChI=1S/C20H24N2O5/c23-17(24)10-5-11-21-18(25)14-7-2-1-6-13(14)12-22-19(26)15-8-3-4-9-16(15)20(22)27/h3-4,8-9,13-14H,1-2,5-7,10-12H2,(H,21,25)(H,23,24). The van der Waals surface area contributed by atoms with Gasteiger partial charge in [-0.1, -0.05) is 25.0 Å². The summed E-state index contributed by atoms with van der Waals surface area (Å²) in [4.78, 5) is 49.6. The monoisotopic (exact) mass is 372 g/mol. The molecular formula is C20H24N2O5. The lowest BCUT2D eigenvalue weighted by molar-refractivity contribution is -0.137. The average molecular weight is 372 g/mol. The first kappa shape index (κ1) is 19.1. The third-order valence-corrected chi connectivity index (χ3v) is 5.41. The Balaban J connectivity index is 1.63. The van der Waals surface area contributed by atoms with Crippen LogP contribution in [0.2, 0.25) is 0 Å². The van der Waals surface area contributed by atoms with Crippen molar-refractivity contribution in [3.63, 3.8) is 0 Å². The number of benzene rings is 1. The Morgan fingerprint density at radius 3 is 2.33 bits per heavy atom. The molecule has 3 amide bonds. The zero-order valence-corrected chi connectivity index (χ0v) is 15.1. The van der Waals surface area contributed by atoms with E-state index in [-0.39, 0.29) is 42.5 Å². The molecule has 144 valence electrons. The van der Waals surface area contributed by atoms with Crippen LogP contribution in [0.4, 0.5) is 0 Å². The van der Waals surface area contributed by atoms with E-state index >= 15 is 0 Å². The first-order chi connectivity index (χ1) is 13.0. The van der Waals surface area contributed by atoms with Crippen LogP contribution in [0, 0.1) is 11.8 Å². The lowest BCUT2D eigenvalue weighted by Gasteiger charge is -2.32. The number of hydrogen-bond donors (Lipinski definition) is 2. The van der Waals surface area contributed by atoms with E-state index in [4.69, 9.17) is 5.11 Å². The predicted molar refractivity (Wildman–Crippen MR) is 97.1 cm³/mol. The Labute approximate surface area is 157 Å². The molecule has 2 aliphatic rings. The van der Waals surface area contributed by atoms with Crippen LogP contribution in [0.1, 0.15) is 59.2 Å². The van der Waals surface area contributed by atoms with Crippen LogP contribution in [0.15, 0.2) is 24.3 Å². The Kier molecular flexibility index (Phi) is 5.88. The van der Waals surface area contributed by atoms with Crippen molar-refractivity contribution in [3.05, 3.63) is 35.4 Å². The fourth-order valence-electron chi connectivity index (χ4n) is 3.99. The van der Waals surface area contributed by atoms with Crippen LogP contribution in [-0.2, 0) is 9.59 Å². The number of carboxylic acids is 1. The molecule has 1 aromatic carbocycles. The van der Waals surface area contributed by atoms with Crippen LogP contribution in [0.3, 0.4) is 0 Å². The molecule has 0 aromatic heterocycles. The largest absolute Gasteiger partial charge is 0.481 e. The Hall–Kier alpha value is -2.70. The van der Waals surface area contributed by atoms with Gasteiger partial charge in [-0.05, 0) is 37.3 Å². The van der Waals surface area contributed by atoms with Crippen molar-refractivity contribution >= 4 is 23.7 Å². The Morgan fingerprint density at radius 2 is 1.70 bits per heavy atom. The van der Waals surface area contributed by atoms with E-state index in [1.165, 1.54) is 4.90 Å². The number of carbonyl (C=O) groups is 4. The van der Waals surface area contributed by atoms with E-state index in [0.29, 0.717) is 24.1 Å². The van der Waals surface area contributed by atoms with Gasteiger partial charge < -0.3 is 10.4 Å². The summed E-state index contributed by atoms with van der Waals surface area (Å²) in [5.41, 5.74) is 0.848. The molecule has 1 heterocycles. The van der Waals surface area contributed by atoms with E-state index in [1.54, 1.807) is 24.3 Å². The Bertz CT molecular complexity index is 725. The molecule has 2 unspecified atom stereocenters. The molecule has 3 rings (SSSR count).